The van der Waals surface area contributed by atoms with Crippen molar-refractivity contribution < 1.29 is 162 Å². The fourth-order valence-electron chi connectivity index (χ4n) is 5.42. The van der Waals surface area contributed by atoms with Crippen LogP contribution in [0.3, 0.4) is 0 Å². The van der Waals surface area contributed by atoms with Gasteiger partial charge < -0.3 is 179 Å². The Morgan fingerprint density at radius 2 is 0.823 bits per heavy atom. The SMILES string of the molecule is C[C@@H](N)C(=O)O.C[C@@H](N)CC(=O)O.C[C@H](N)C(=O)O.NC(=O)CC[C@H](N)C(=O)O.NC(=O)C[C@@H](N)C(=O)O.NC(CC(=O)O)C(=O)O.NC(N)=NCCC[C@H](N)C(=O)O.NCC(=O)O.NCCC(=O)O.N[C@@H](Cc1ccc(F)cc1)C(=O)O.N[C@@H](Cc1cnc[nH]1)C(=O)O.N[C@@H]1CCC[C@@H]1C(=O)O.N[C@H](CCC(=O)O)C(=O)O. The van der Waals surface area contributed by atoms with Crippen molar-refractivity contribution in [2.75, 3.05) is 19.6 Å². The van der Waals surface area contributed by atoms with Crippen molar-refractivity contribution in [1.82, 2.24) is 9.97 Å². The van der Waals surface area contributed by atoms with Gasteiger partial charge in [-0.3, -0.25) is 86.5 Å². The van der Waals surface area contributed by atoms with Gasteiger partial charge in [-0.1, -0.05) is 18.6 Å². The summed E-state index contributed by atoms with van der Waals surface area (Å²) in [7, 11) is 0. The van der Waals surface area contributed by atoms with Gasteiger partial charge in [0.2, 0.25) is 11.8 Å². The molecule has 1 unspecified atom stereocenters. The number of aliphatic carboxylic acids is 15. The summed E-state index contributed by atoms with van der Waals surface area (Å²) in [5, 5.41) is 122. The Kier molecular flexibility index (Phi) is 81.6. The van der Waals surface area contributed by atoms with Gasteiger partial charge >= 0.3 is 89.5 Å². The van der Waals surface area contributed by atoms with E-state index in [9.17, 15) is 85.9 Å². The van der Waals surface area contributed by atoms with Gasteiger partial charge in [0.15, 0.2) is 5.96 Å². The standard InChI is InChI=1S/C9H10FNO2.C6H14N4O2.C6H9N3O2.C6H11NO2.C5H10N2O3.C5H9NO4.C4H8N2O3.C4H7NO4.C4H9NO2.3C3H7NO2.C2H5NO2/c10-7-3-1-6(2-4-7)5-8(11)9(12)13;7-4(5(11)12)2-1-3-10-6(8)9;7-5(6(10)11)1-4-2-8-3-9-4;7-5-3-1-2-4(5)6(8)9;2*6-3(5(9)10)1-2-4(7)8;2*5-2(4(8)9)1-3(6)7;1-3(5)2-4(6)7;2*1-2(4)3(5)6;4-2-1-3(5)6;3-1-2(4)5/h1-4,8H,5,11H2,(H,12,13);4H,1-3,7H2,(H,11,12)(H4,8,9,10);2-3,5H,1,7H2,(H,8,9)(H,10,11);4-5H,1-3,7H2,(H,8,9);3H,1-2,6H2,(H2,7,8)(H,9,10);3H,1-2,6H2,(H,7,8)(H,9,10);2H,1,5H2,(H2,6,7)(H,8,9);2H,1,5H2,(H,6,7)(H,8,9);3H,2,5H2,1H3,(H,6,7);2*2H,4H2,1H3,(H,5,6);1-2,4H2,(H,5,6);1,3H2,(H,4,5)/t8-;4-;5-;4-,5+;2*3-;2-;;3-;2*2-;;/m0000011.110../s1. The van der Waals surface area contributed by atoms with E-state index in [1.807, 2.05) is 0 Å². The third-order valence-corrected chi connectivity index (χ3v) is 11.4. The first-order valence-corrected chi connectivity index (χ1v) is 32.1. The number of H-pyrrole nitrogens is 1. The molecule has 2 amide bonds. The highest BCUT2D eigenvalue weighted by atomic mass is 19.1. The van der Waals surface area contributed by atoms with Crippen LogP contribution in [-0.2, 0) is 94.3 Å². The van der Waals surface area contributed by atoms with Crippen LogP contribution in [0.5, 0.6) is 0 Å². The first-order chi connectivity index (χ1) is 51.6. The number of hydrogen-bond donors (Lipinski definition) is 33. The van der Waals surface area contributed by atoms with Crippen molar-refractivity contribution in [3.8, 4) is 0 Å². The lowest BCUT2D eigenvalue weighted by Crippen LogP contribution is -2.34. The van der Waals surface area contributed by atoms with Crippen LogP contribution in [0.25, 0.3) is 0 Å². The van der Waals surface area contributed by atoms with Crippen molar-refractivity contribution in [2.24, 2.45) is 108 Å². The number of rotatable bonds is 33. The molecule has 1 heterocycles. The van der Waals surface area contributed by atoms with E-state index in [-0.39, 0.29) is 101 Å². The molecule has 50 N–H and O–H groups in total. The number of halogens is 1. The molecule has 1 saturated carbocycles. The molecule has 53 heteroatoms. The molecule has 1 aliphatic rings. The highest BCUT2D eigenvalue weighted by molar-refractivity contribution is 5.83. The smallest absolute Gasteiger partial charge is 0.321 e. The van der Waals surface area contributed by atoms with Crippen LogP contribution < -0.4 is 97.5 Å². The van der Waals surface area contributed by atoms with Crippen molar-refractivity contribution in [3.63, 3.8) is 0 Å². The van der Waals surface area contributed by atoms with E-state index in [0.717, 1.165) is 30.5 Å². The molecule has 0 spiro atoms. The molecular weight excluding hydrogens is 1530 g/mol. The number of amides is 2. The number of nitrogens with zero attached hydrogens (tertiary/aromatic N) is 2. The number of hydrogen-bond acceptors (Lipinski definition) is 32. The first kappa shape index (κ1) is 122. The molecular formula is C60H113FN20O32. The summed E-state index contributed by atoms with van der Waals surface area (Å²) in [6.45, 7) is 4.87. The maximum atomic E-state index is 12.4. The molecule has 113 heavy (non-hydrogen) atoms. The average molecular weight is 1650 g/mol. The summed E-state index contributed by atoms with van der Waals surface area (Å²) in [4.78, 5) is 179. The predicted octanol–water partition coefficient (Wildman–Crippen LogP) is -9.04. The topological polar surface area (TPSA) is 1080 Å². The van der Waals surface area contributed by atoms with E-state index in [1.54, 1.807) is 13.1 Å². The van der Waals surface area contributed by atoms with Crippen molar-refractivity contribution >= 4 is 107 Å². The number of benzene rings is 1. The molecule has 1 aliphatic carbocycles. The van der Waals surface area contributed by atoms with Crippen LogP contribution in [0.4, 0.5) is 4.39 Å². The summed E-state index contributed by atoms with van der Waals surface area (Å²) >= 11 is 0. The summed E-state index contributed by atoms with van der Waals surface area (Å²) in [5.74, 6) is -17.2. The zero-order valence-electron chi connectivity index (χ0n) is 61.9. The molecule has 1 aromatic carbocycles. The fourth-order valence-corrected chi connectivity index (χ4v) is 5.42. The van der Waals surface area contributed by atoms with Gasteiger partial charge in [-0.25, -0.2) is 9.37 Å². The minimum Gasteiger partial charge on any atom is -0.481 e. The van der Waals surface area contributed by atoms with Crippen LogP contribution in [-0.4, -0.2) is 280 Å². The van der Waals surface area contributed by atoms with E-state index < -0.39 is 162 Å². The number of carbonyl (C=O) groups excluding carboxylic acids is 2. The van der Waals surface area contributed by atoms with Gasteiger partial charge in [-0.15, -0.1) is 0 Å². The lowest BCUT2D eigenvalue weighted by atomic mass is 10.1. The summed E-state index contributed by atoms with van der Waals surface area (Å²) in [5.41, 5.74) is 86.2. The van der Waals surface area contributed by atoms with E-state index in [1.165, 1.54) is 44.4 Å². The van der Waals surface area contributed by atoms with Crippen molar-refractivity contribution in [2.45, 2.75) is 184 Å². The van der Waals surface area contributed by atoms with Crippen LogP contribution in [0.1, 0.15) is 115 Å². The van der Waals surface area contributed by atoms with Crippen LogP contribution in [0.2, 0.25) is 0 Å². The van der Waals surface area contributed by atoms with Crippen LogP contribution >= 0.6 is 0 Å². The number of aromatic nitrogens is 2. The number of carbonyl (C=O) groups is 17. The van der Waals surface area contributed by atoms with Gasteiger partial charge in [-0.05, 0) is 83.4 Å². The largest absolute Gasteiger partial charge is 0.481 e. The Morgan fingerprint density at radius 1 is 0.460 bits per heavy atom. The third-order valence-electron chi connectivity index (χ3n) is 11.4. The molecule has 1 aromatic heterocycles. The van der Waals surface area contributed by atoms with Crippen molar-refractivity contribution in [3.05, 3.63) is 53.9 Å². The molecule has 1 fully saturated rings. The van der Waals surface area contributed by atoms with Crippen LogP contribution in [0.15, 0.2) is 41.8 Å². The maximum Gasteiger partial charge on any atom is 0.321 e. The summed E-state index contributed by atoms with van der Waals surface area (Å²) < 4.78 is 12.4. The summed E-state index contributed by atoms with van der Waals surface area (Å²) in [6, 6.07) is -3.26. The minimum atomic E-state index is -1.29. The molecule has 52 nitrogen and oxygen atoms in total. The Bertz CT molecular complexity index is 3030. The van der Waals surface area contributed by atoms with E-state index in [0.29, 0.717) is 19.4 Å². The molecule has 0 radical (unpaired) electrons. The van der Waals surface area contributed by atoms with Gasteiger partial charge in [0.05, 0.1) is 44.5 Å². The maximum absolute atomic E-state index is 12.4. The zero-order valence-corrected chi connectivity index (χ0v) is 61.9. The molecule has 3 rings (SSSR count). The second-order valence-corrected chi connectivity index (χ2v) is 22.3. The summed E-state index contributed by atoms with van der Waals surface area (Å²) in [6.07, 6.45) is 6.29. The van der Waals surface area contributed by atoms with E-state index >= 15 is 0 Å². The number of nitrogens with two attached hydrogens (primary N) is 17. The number of aliphatic imine (C=N–C) groups is 1. The molecule has 2 aromatic rings. The normalized spacial score (nSPS) is 14.0. The molecule has 652 valence electrons. The lowest BCUT2D eigenvalue weighted by molar-refractivity contribution is -0.144. The quantitative estimate of drug-likeness (QED) is 0.0179. The number of carboxylic acids is 15. The lowest BCUT2D eigenvalue weighted by Gasteiger charge is -2.07. The molecule has 0 saturated heterocycles. The first-order valence-electron chi connectivity index (χ1n) is 32.1. The second-order valence-electron chi connectivity index (χ2n) is 22.3. The number of carboxylic acid groups (broad SMARTS) is 15. The number of aromatic amines is 1. The number of imidazole rings is 1. The Labute approximate surface area is 643 Å². The molecule has 0 aliphatic heterocycles. The van der Waals surface area contributed by atoms with Crippen LogP contribution in [0, 0.1) is 11.7 Å². The Balaban J connectivity index is -0.000000128. The fraction of sp³-hybridized carbons (Fsp3) is 0.550. The molecule has 12 atom stereocenters. The third kappa shape index (κ3) is 102. The van der Waals surface area contributed by atoms with E-state index in [4.69, 9.17) is 163 Å². The van der Waals surface area contributed by atoms with Gasteiger partial charge in [-0.2, -0.15) is 0 Å². The minimum absolute atomic E-state index is 0.0129. The zero-order chi connectivity index (χ0) is 91.1. The number of primary amides is 2. The highest BCUT2D eigenvalue weighted by Gasteiger charge is 2.29. The Morgan fingerprint density at radius 3 is 1.04 bits per heavy atom. The second kappa shape index (κ2) is 75.5. The number of guanidine groups is 1. The van der Waals surface area contributed by atoms with Gasteiger partial charge in [0.1, 0.15) is 60.2 Å². The molecule has 0 bridgehead atoms. The Hall–Kier alpha value is -11.9. The highest BCUT2D eigenvalue weighted by Crippen LogP contribution is 2.23. The number of nitrogens with one attached hydrogen (secondary N) is 1. The van der Waals surface area contributed by atoms with Crippen molar-refractivity contribution in [1.29, 1.82) is 0 Å². The monoisotopic (exact) mass is 1640 g/mol. The van der Waals surface area contributed by atoms with Gasteiger partial charge in [0.25, 0.3) is 0 Å². The van der Waals surface area contributed by atoms with Gasteiger partial charge in [0, 0.05) is 56.3 Å². The predicted molar refractivity (Wildman–Crippen MR) is 392 cm³/mol. The average Bonchev–Trinajstić information content (AvgIpc) is 1.60. The van der Waals surface area contributed by atoms with E-state index in [2.05, 4.69) is 26.4 Å².